The maximum atomic E-state index is 12.2. The first-order valence-electron chi connectivity index (χ1n) is 5.13. The van der Waals surface area contributed by atoms with E-state index in [-0.39, 0.29) is 20.6 Å². The van der Waals surface area contributed by atoms with Gasteiger partial charge in [-0.15, -0.1) is 0 Å². The maximum Gasteiger partial charge on any atom is 0.263 e. The molecule has 0 aliphatic carbocycles. The second-order valence-electron chi connectivity index (χ2n) is 3.64. The summed E-state index contributed by atoms with van der Waals surface area (Å²) in [7, 11) is -3.84. The summed E-state index contributed by atoms with van der Waals surface area (Å²) in [6, 6.07) is 10.9. The third-order valence-electron chi connectivity index (χ3n) is 2.32. The van der Waals surface area contributed by atoms with Crippen molar-refractivity contribution in [3.8, 4) is 0 Å². The van der Waals surface area contributed by atoms with Crippen molar-refractivity contribution in [3.05, 3.63) is 57.5 Å². The van der Waals surface area contributed by atoms with Crippen molar-refractivity contribution >= 4 is 50.5 Å². The highest BCUT2D eigenvalue weighted by Crippen LogP contribution is 2.31. The van der Waals surface area contributed by atoms with Crippen LogP contribution in [0.2, 0.25) is 15.1 Å². The van der Waals surface area contributed by atoms with Crippen LogP contribution in [0.4, 0.5) is 5.69 Å². The van der Waals surface area contributed by atoms with Gasteiger partial charge < -0.3 is 0 Å². The molecule has 0 saturated heterocycles. The zero-order valence-corrected chi connectivity index (χ0v) is 12.5. The summed E-state index contributed by atoms with van der Waals surface area (Å²) in [6.45, 7) is 0. The van der Waals surface area contributed by atoms with Crippen LogP contribution in [0.1, 0.15) is 0 Å². The Kier molecular flexibility index (Phi) is 4.26. The van der Waals surface area contributed by atoms with Crippen molar-refractivity contribution in [1.29, 1.82) is 0 Å². The van der Waals surface area contributed by atoms with Crippen LogP contribution in [0.25, 0.3) is 0 Å². The highest BCUT2D eigenvalue weighted by molar-refractivity contribution is 7.92. The Hall–Kier alpha value is -0.940. The fourth-order valence-electron chi connectivity index (χ4n) is 1.44. The lowest BCUT2D eigenvalue weighted by Crippen LogP contribution is -2.13. The molecule has 0 aliphatic heterocycles. The van der Waals surface area contributed by atoms with Gasteiger partial charge in [0, 0.05) is 0 Å². The molecule has 19 heavy (non-hydrogen) atoms. The van der Waals surface area contributed by atoms with Gasteiger partial charge in [-0.1, -0.05) is 53.0 Å². The van der Waals surface area contributed by atoms with Crippen LogP contribution in [0.15, 0.2) is 47.4 Å². The smallest absolute Gasteiger partial charge is 0.263 e. The van der Waals surface area contributed by atoms with Gasteiger partial charge in [0.1, 0.15) is 4.90 Å². The van der Waals surface area contributed by atoms with Crippen LogP contribution < -0.4 is 4.72 Å². The van der Waals surface area contributed by atoms with Gasteiger partial charge in [0.25, 0.3) is 10.0 Å². The molecule has 2 aromatic rings. The summed E-state index contributed by atoms with van der Waals surface area (Å²) >= 11 is 17.6. The molecule has 2 aromatic carbocycles. The topological polar surface area (TPSA) is 46.2 Å². The molecule has 0 aromatic heterocycles. The number of anilines is 1. The minimum atomic E-state index is -3.84. The zero-order chi connectivity index (χ0) is 14.0. The van der Waals surface area contributed by atoms with Crippen LogP contribution in [-0.2, 0) is 10.0 Å². The molecule has 3 nitrogen and oxygen atoms in total. The average molecular weight is 337 g/mol. The van der Waals surface area contributed by atoms with Crippen molar-refractivity contribution in [1.82, 2.24) is 0 Å². The number of rotatable bonds is 3. The van der Waals surface area contributed by atoms with Gasteiger partial charge in [-0.3, -0.25) is 4.72 Å². The summed E-state index contributed by atoms with van der Waals surface area (Å²) in [5, 5.41) is 0.441. The summed E-state index contributed by atoms with van der Waals surface area (Å²) in [5.74, 6) is 0. The van der Waals surface area contributed by atoms with Crippen molar-refractivity contribution < 1.29 is 8.42 Å². The monoisotopic (exact) mass is 335 g/mol. The minimum absolute atomic E-state index is 0.0243. The number of benzene rings is 2. The number of hydrogen-bond donors (Lipinski definition) is 1. The van der Waals surface area contributed by atoms with E-state index in [0.717, 1.165) is 0 Å². The van der Waals surface area contributed by atoms with Crippen LogP contribution in [0.5, 0.6) is 0 Å². The second-order valence-corrected chi connectivity index (χ2v) is 6.48. The fraction of sp³-hybridized carbons (Fsp3) is 0. The quantitative estimate of drug-likeness (QED) is 0.900. The Balaban J connectivity index is 2.44. The molecule has 2 rings (SSSR count). The highest BCUT2D eigenvalue weighted by Gasteiger charge is 2.20. The number of para-hydroxylation sites is 1. The Bertz CT molecular complexity index is 717. The summed E-state index contributed by atoms with van der Waals surface area (Å²) in [4.78, 5) is -0.0958. The largest absolute Gasteiger partial charge is 0.278 e. The molecule has 0 spiro atoms. The van der Waals surface area contributed by atoms with E-state index in [4.69, 9.17) is 34.8 Å². The van der Waals surface area contributed by atoms with Crippen LogP contribution in [0.3, 0.4) is 0 Å². The lowest BCUT2D eigenvalue weighted by Gasteiger charge is -2.11. The lowest BCUT2D eigenvalue weighted by atomic mass is 10.3. The molecule has 0 heterocycles. The average Bonchev–Trinajstić information content (AvgIpc) is 2.35. The van der Waals surface area contributed by atoms with Gasteiger partial charge in [0.05, 0.1) is 20.8 Å². The van der Waals surface area contributed by atoms with Crippen molar-refractivity contribution in [3.63, 3.8) is 0 Å². The molecular weight excluding hydrogens is 329 g/mol. The van der Waals surface area contributed by atoms with Gasteiger partial charge in [-0.05, 0) is 24.3 Å². The molecule has 0 radical (unpaired) electrons. The van der Waals surface area contributed by atoms with Crippen LogP contribution in [0, 0.1) is 0 Å². The standard InChI is InChI=1S/C12H8Cl3NO2S/c13-8-4-1-2-6-10(8)16-19(17,18)11-7-3-5-9(14)12(11)15/h1-7,16H. The minimum Gasteiger partial charge on any atom is -0.278 e. The van der Waals surface area contributed by atoms with E-state index in [2.05, 4.69) is 4.72 Å². The number of nitrogens with one attached hydrogen (secondary N) is 1. The van der Waals surface area contributed by atoms with Crippen LogP contribution >= 0.6 is 34.8 Å². The number of halogens is 3. The van der Waals surface area contributed by atoms with E-state index in [9.17, 15) is 8.42 Å². The van der Waals surface area contributed by atoms with E-state index in [0.29, 0.717) is 5.02 Å². The Labute approximate surface area is 126 Å². The summed E-state index contributed by atoms with van der Waals surface area (Å²) in [6.07, 6.45) is 0. The molecule has 0 unspecified atom stereocenters. The van der Waals surface area contributed by atoms with Gasteiger partial charge in [0.15, 0.2) is 0 Å². The molecule has 0 bridgehead atoms. The van der Waals surface area contributed by atoms with E-state index in [1.165, 1.54) is 18.2 Å². The van der Waals surface area contributed by atoms with Gasteiger partial charge in [0.2, 0.25) is 0 Å². The Morgan fingerprint density at radius 1 is 0.842 bits per heavy atom. The lowest BCUT2D eigenvalue weighted by molar-refractivity contribution is 0.601. The molecule has 1 N–H and O–H groups in total. The predicted octanol–water partition coefficient (Wildman–Crippen LogP) is 4.45. The van der Waals surface area contributed by atoms with Crippen molar-refractivity contribution in [2.75, 3.05) is 4.72 Å². The maximum absolute atomic E-state index is 12.2. The highest BCUT2D eigenvalue weighted by atomic mass is 35.5. The van der Waals surface area contributed by atoms with Crippen molar-refractivity contribution in [2.24, 2.45) is 0 Å². The van der Waals surface area contributed by atoms with E-state index in [1.807, 2.05) is 0 Å². The fourth-order valence-corrected chi connectivity index (χ4v) is 3.52. The number of hydrogen-bond acceptors (Lipinski definition) is 2. The molecule has 0 amide bonds. The Morgan fingerprint density at radius 2 is 1.47 bits per heavy atom. The molecule has 7 heteroatoms. The van der Waals surface area contributed by atoms with E-state index >= 15 is 0 Å². The molecule has 0 fully saturated rings. The van der Waals surface area contributed by atoms with Gasteiger partial charge in [-0.25, -0.2) is 8.42 Å². The molecule has 0 saturated carbocycles. The molecule has 0 aliphatic rings. The normalized spacial score (nSPS) is 11.3. The van der Waals surface area contributed by atoms with Crippen molar-refractivity contribution in [2.45, 2.75) is 4.90 Å². The third-order valence-corrected chi connectivity index (χ3v) is 4.99. The summed E-state index contributed by atoms with van der Waals surface area (Å²) < 4.78 is 26.8. The predicted molar refractivity (Wildman–Crippen MR) is 78.7 cm³/mol. The first-order valence-corrected chi connectivity index (χ1v) is 7.75. The first kappa shape index (κ1) is 14.5. The second kappa shape index (κ2) is 5.59. The van der Waals surface area contributed by atoms with Gasteiger partial charge in [-0.2, -0.15) is 0 Å². The SMILES string of the molecule is O=S(=O)(Nc1ccccc1Cl)c1cccc(Cl)c1Cl. The molecule has 0 atom stereocenters. The summed E-state index contributed by atoms with van der Waals surface area (Å²) in [5.41, 5.74) is 0.278. The third kappa shape index (κ3) is 3.15. The molecule has 100 valence electrons. The van der Waals surface area contributed by atoms with Crippen LogP contribution in [-0.4, -0.2) is 8.42 Å². The number of sulfonamides is 1. The van der Waals surface area contributed by atoms with Gasteiger partial charge >= 0.3 is 0 Å². The first-order chi connectivity index (χ1) is 8.92. The molecular formula is C12H8Cl3NO2S. The van der Waals surface area contributed by atoms with E-state index < -0.39 is 10.0 Å². The Morgan fingerprint density at radius 3 is 2.16 bits per heavy atom. The van der Waals surface area contributed by atoms with E-state index in [1.54, 1.807) is 24.3 Å². The zero-order valence-electron chi connectivity index (χ0n) is 9.40.